The van der Waals surface area contributed by atoms with Crippen molar-refractivity contribution < 1.29 is 4.21 Å². The van der Waals surface area contributed by atoms with E-state index in [2.05, 4.69) is 4.98 Å². The molecule has 0 saturated carbocycles. The van der Waals surface area contributed by atoms with E-state index in [1.54, 1.807) is 6.26 Å². The summed E-state index contributed by atoms with van der Waals surface area (Å²) >= 11 is 5.11. The lowest BCUT2D eigenvalue weighted by molar-refractivity contribution is 0.577. The summed E-state index contributed by atoms with van der Waals surface area (Å²) in [6.45, 7) is 4.01. The SMILES string of the molecule is Cc1c[nH]c(=S)n1C(C)CS(C)=O. The third-order valence-electron chi connectivity index (χ3n) is 1.92. The molecule has 2 unspecified atom stereocenters. The molecular weight excluding hydrogens is 204 g/mol. The molecule has 1 N–H and O–H groups in total. The summed E-state index contributed by atoms with van der Waals surface area (Å²) < 4.78 is 13.7. The molecule has 0 aliphatic rings. The minimum Gasteiger partial charge on any atom is -0.337 e. The van der Waals surface area contributed by atoms with E-state index < -0.39 is 10.8 Å². The molecular formula is C8H14N2OS2. The van der Waals surface area contributed by atoms with Crippen molar-refractivity contribution in [3.8, 4) is 0 Å². The number of hydrogen-bond acceptors (Lipinski definition) is 2. The van der Waals surface area contributed by atoms with Gasteiger partial charge in [0.2, 0.25) is 0 Å². The van der Waals surface area contributed by atoms with Crippen LogP contribution < -0.4 is 0 Å². The molecule has 74 valence electrons. The number of nitrogens with zero attached hydrogens (tertiary/aromatic N) is 1. The molecule has 1 aromatic heterocycles. The Hall–Kier alpha value is -0.420. The summed E-state index contributed by atoms with van der Waals surface area (Å²) in [7, 11) is -0.778. The molecule has 3 nitrogen and oxygen atoms in total. The molecule has 0 aliphatic carbocycles. The van der Waals surface area contributed by atoms with Gasteiger partial charge in [0, 0.05) is 40.7 Å². The van der Waals surface area contributed by atoms with Gasteiger partial charge >= 0.3 is 0 Å². The van der Waals surface area contributed by atoms with Crippen molar-refractivity contribution in [2.75, 3.05) is 12.0 Å². The van der Waals surface area contributed by atoms with E-state index in [1.807, 2.05) is 24.6 Å². The molecule has 0 fully saturated rings. The molecule has 0 spiro atoms. The molecule has 0 aliphatic heterocycles. The quantitative estimate of drug-likeness (QED) is 0.786. The van der Waals surface area contributed by atoms with Crippen LogP contribution in [0.2, 0.25) is 0 Å². The van der Waals surface area contributed by atoms with Crippen molar-refractivity contribution in [1.29, 1.82) is 0 Å². The van der Waals surface area contributed by atoms with Crippen LogP contribution in [0, 0.1) is 11.7 Å². The highest BCUT2D eigenvalue weighted by atomic mass is 32.2. The van der Waals surface area contributed by atoms with Crippen molar-refractivity contribution in [3.63, 3.8) is 0 Å². The van der Waals surface area contributed by atoms with Gasteiger partial charge < -0.3 is 9.55 Å². The second-order valence-corrected chi connectivity index (χ2v) is 5.06. The molecule has 0 radical (unpaired) electrons. The van der Waals surface area contributed by atoms with Crippen molar-refractivity contribution in [3.05, 3.63) is 16.7 Å². The van der Waals surface area contributed by atoms with E-state index >= 15 is 0 Å². The Labute approximate surface area is 85.6 Å². The van der Waals surface area contributed by atoms with Crippen molar-refractivity contribution in [2.45, 2.75) is 19.9 Å². The van der Waals surface area contributed by atoms with Crippen LogP contribution in [0.25, 0.3) is 0 Å². The monoisotopic (exact) mass is 218 g/mol. The lowest BCUT2D eigenvalue weighted by Crippen LogP contribution is -2.14. The average Bonchev–Trinajstić information content (AvgIpc) is 2.29. The van der Waals surface area contributed by atoms with Crippen molar-refractivity contribution >= 4 is 23.0 Å². The van der Waals surface area contributed by atoms with Gasteiger partial charge in [-0.15, -0.1) is 0 Å². The van der Waals surface area contributed by atoms with Crippen LogP contribution >= 0.6 is 12.2 Å². The maximum atomic E-state index is 11.0. The third-order valence-corrected chi connectivity index (χ3v) is 3.19. The molecule has 13 heavy (non-hydrogen) atoms. The summed E-state index contributed by atoms with van der Waals surface area (Å²) in [6.07, 6.45) is 3.58. The van der Waals surface area contributed by atoms with E-state index in [1.165, 1.54) is 0 Å². The fourth-order valence-electron chi connectivity index (χ4n) is 1.43. The highest BCUT2D eigenvalue weighted by Gasteiger charge is 2.09. The van der Waals surface area contributed by atoms with Crippen molar-refractivity contribution in [1.82, 2.24) is 9.55 Å². The first-order chi connectivity index (χ1) is 6.02. The molecule has 1 heterocycles. The smallest absolute Gasteiger partial charge is 0.177 e. The zero-order chi connectivity index (χ0) is 10.0. The molecule has 0 aromatic carbocycles. The standard InChI is InChI=1S/C8H14N2OS2/c1-6-4-9-8(12)10(6)7(2)5-13(3)11/h4,7H,5H2,1-3H3,(H,9,12). The average molecular weight is 218 g/mol. The van der Waals surface area contributed by atoms with Crippen LogP contribution in [0.4, 0.5) is 0 Å². The van der Waals surface area contributed by atoms with E-state index in [0.29, 0.717) is 10.5 Å². The zero-order valence-corrected chi connectivity index (χ0v) is 9.67. The summed E-state index contributed by atoms with van der Waals surface area (Å²) in [5, 5.41) is 0. The van der Waals surface area contributed by atoms with Gasteiger partial charge in [-0.2, -0.15) is 0 Å². The highest BCUT2D eigenvalue weighted by Crippen LogP contribution is 2.11. The number of hydrogen-bond donors (Lipinski definition) is 1. The molecule has 5 heteroatoms. The number of rotatable bonds is 3. The number of nitrogens with one attached hydrogen (secondary N) is 1. The number of aromatic nitrogens is 2. The number of aryl methyl sites for hydroxylation is 1. The predicted molar refractivity (Wildman–Crippen MR) is 58.0 cm³/mol. The number of aromatic amines is 1. The molecule has 1 rings (SSSR count). The van der Waals surface area contributed by atoms with Gasteiger partial charge in [-0.05, 0) is 26.1 Å². The molecule has 0 bridgehead atoms. The summed E-state index contributed by atoms with van der Waals surface area (Å²) in [4.78, 5) is 2.97. The first-order valence-electron chi connectivity index (χ1n) is 4.09. The van der Waals surface area contributed by atoms with Gasteiger partial charge in [0.15, 0.2) is 4.77 Å². The Balaban J connectivity index is 2.94. The van der Waals surface area contributed by atoms with E-state index in [0.717, 1.165) is 5.69 Å². The van der Waals surface area contributed by atoms with Gasteiger partial charge in [-0.1, -0.05) is 0 Å². The lowest BCUT2D eigenvalue weighted by Gasteiger charge is -2.13. The second kappa shape index (κ2) is 4.19. The Kier molecular flexibility index (Phi) is 3.44. The normalized spacial score (nSPS) is 15.6. The third kappa shape index (κ3) is 2.51. The zero-order valence-electron chi connectivity index (χ0n) is 8.03. The number of H-pyrrole nitrogens is 1. The van der Waals surface area contributed by atoms with Gasteiger partial charge in [0.1, 0.15) is 0 Å². The molecule has 2 atom stereocenters. The van der Waals surface area contributed by atoms with Crippen LogP contribution in [0.3, 0.4) is 0 Å². The van der Waals surface area contributed by atoms with Gasteiger partial charge in [0.05, 0.1) is 0 Å². The minimum absolute atomic E-state index is 0.199. The minimum atomic E-state index is -0.778. The van der Waals surface area contributed by atoms with Gasteiger partial charge in [0.25, 0.3) is 0 Å². The highest BCUT2D eigenvalue weighted by molar-refractivity contribution is 7.84. The first kappa shape index (κ1) is 10.7. The lowest BCUT2D eigenvalue weighted by atomic mass is 10.3. The van der Waals surface area contributed by atoms with Crippen LogP contribution in [0.15, 0.2) is 6.20 Å². The summed E-state index contributed by atoms with van der Waals surface area (Å²) in [5.74, 6) is 0.646. The Bertz CT molecular complexity index is 366. The maximum Gasteiger partial charge on any atom is 0.177 e. The van der Waals surface area contributed by atoms with E-state index in [9.17, 15) is 4.21 Å². The molecule has 0 saturated heterocycles. The van der Waals surface area contributed by atoms with Crippen LogP contribution in [0.5, 0.6) is 0 Å². The molecule has 1 aromatic rings. The van der Waals surface area contributed by atoms with Crippen LogP contribution in [-0.2, 0) is 10.8 Å². The number of imidazole rings is 1. The first-order valence-corrected chi connectivity index (χ1v) is 6.22. The van der Waals surface area contributed by atoms with E-state index in [4.69, 9.17) is 12.2 Å². The predicted octanol–water partition coefficient (Wildman–Crippen LogP) is 1.79. The van der Waals surface area contributed by atoms with Crippen LogP contribution in [-0.4, -0.2) is 25.8 Å². The fraction of sp³-hybridized carbons (Fsp3) is 0.625. The Morgan fingerprint density at radius 2 is 2.38 bits per heavy atom. The summed E-state index contributed by atoms with van der Waals surface area (Å²) in [5.41, 5.74) is 1.09. The maximum absolute atomic E-state index is 11.0. The topological polar surface area (TPSA) is 37.8 Å². The second-order valence-electron chi connectivity index (χ2n) is 3.19. The Morgan fingerprint density at radius 3 is 2.77 bits per heavy atom. The van der Waals surface area contributed by atoms with Gasteiger partial charge in [-0.3, -0.25) is 4.21 Å². The summed E-state index contributed by atoms with van der Waals surface area (Å²) in [6, 6.07) is 0.199. The van der Waals surface area contributed by atoms with Crippen LogP contribution in [0.1, 0.15) is 18.7 Å². The largest absolute Gasteiger partial charge is 0.337 e. The molecule has 0 amide bonds. The van der Waals surface area contributed by atoms with Gasteiger partial charge in [-0.25, -0.2) is 0 Å². The fourth-order valence-corrected chi connectivity index (χ4v) is 2.64. The van der Waals surface area contributed by atoms with Crippen molar-refractivity contribution in [2.24, 2.45) is 0 Å². The Morgan fingerprint density at radius 1 is 1.77 bits per heavy atom. The van der Waals surface area contributed by atoms with E-state index in [-0.39, 0.29) is 6.04 Å².